The van der Waals surface area contributed by atoms with E-state index in [1.54, 1.807) is 11.0 Å². The summed E-state index contributed by atoms with van der Waals surface area (Å²) in [7, 11) is 0. The van der Waals surface area contributed by atoms with E-state index in [-0.39, 0.29) is 5.82 Å². The molecule has 0 atom stereocenters. The van der Waals surface area contributed by atoms with Crippen molar-refractivity contribution in [3.05, 3.63) is 12.2 Å². The highest BCUT2D eigenvalue weighted by atomic mass is 15.3. The van der Waals surface area contributed by atoms with Crippen molar-refractivity contribution >= 4 is 0 Å². The van der Waals surface area contributed by atoms with Crippen LogP contribution in [0.2, 0.25) is 0 Å². The highest BCUT2D eigenvalue weighted by molar-refractivity contribution is 5.05. The van der Waals surface area contributed by atoms with Crippen LogP contribution in [0.15, 0.2) is 6.33 Å². The summed E-state index contributed by atoms with van der Waals surface area (Å²) in [6.45, 7) is 3.12. The maximum Gasteiger partial charge on any atom is 0.252 e. The van der Waals surface area contributed by atoms with Crippen molar-refractivity contribution in [3.63, 3.8) is 0 Å². The van der Waals surface area contributed by atoms with Crippen LogP contribution in [0.4, 0.5) is 0 Å². The molecular formula is C13H22N4. The molecule has 0 fully saturated rings. The van der Waals surface area contributed by atoms with Crippen LogP contribution in [0.5, 0.6) is 0 Å². The molecule has 0 saturated heterocycles. The minimum Gasteiger partial charge on any atom is -0.252 e. The Labute approximate surface area is 104 Å². The molecule has 0 aliphatic heterocycles. The molecule has 0 amide bonds. The van der Waals surface area contributed by atoms with Gasteiger partial charge in [-0.1, -0.05) is 51.9 Å². The highest BCUT2D eigenvalue weighted by Gasteiger charge is 1.98. The minimum atomic E-state index is 0.268. The molecule has 0 aliphatic rings. The van der Waals surface area contributed by atoms with E-state index in [4.69, 9.17) is 5.26 Å². The third-order valence-electron chi connectivity index (χ3n) is 2.88. The smallest absolute Gasteiger partial charge is 0.252 e. The Hall–Kier alpha value is -1.37. The molecule has 0 radical (unpaired) electrons. The molecule has 1 aromatic rings. The van der Waals surface area contributed by atoms with Crippen LogP contribution < -0.4 is 0 Å². The van der Waals surface area contributed by atoms with E-state index >= 15 is 0 Å². The molecule has 0 spiro atoms. The van der Waals surface area contributed by atoms with E-state index in [2.05, 4.69) is 17.0 Å². The molecule has 1 aromatic heterocycles. The average Bonchev–Trinajstić information content (AvgIpc) is 2.80. The molecule has 0 bridgehead atoms. The largest absolute Gasteiger partial charge is 0.252 e. The zero-order valence-electron chi connectivity index (χ0n) is 10.7. The predicted molar refractivity (Wildman–Crippen MR) is 67.3 cm³/mol. The number of nitriles is 1. The Morgan fingerprint density at radius 1 is 1.12 bits per heavy atom. The van der Waals surface area contributed by atoms with Crippen LogP contribution in [-0.2, 0) is 6.54 Å². The normalized spacial score (nSPS) is 10.4. The summed E-state index contributed by atoms with van der Waals surface area (Å²) in [6.07, 6.45) is 12.1. The number of unbranched alkanes of at least 4 members (excludes halogenated alkanes) is 7. The first-order valence-electron chi connectivity index (χ1n) is 6.66. The maximum atomic E-state index is 8.57. The molecule has 0 aromatic carbocycles. The average molecular weight is 234 g/mol. The molecule has 94 valence electrons. The second-order valence-electron chi connectivity index (χ2n) is 4.42. The minimum absolute atomic E-state index is 0.268. The zero-order chi connectivity index (χ0) is 12.3. The lowest BCUT2D eigenvalue weighted by Gasteiger charge is -2.01. The van der Waals surface area contributed by atoms with Gasteiger partial charge >= 0.3 is 0 Å². The van der Waals surface area contributed by atoms with Crippen LogP contribution in [0.3, 0.4) is 0 Å². The van der Waals surface area contributed by atoms with Crippen LogP contribution in [-0.4, -0.2) is 14.8 Å². The molecule has 1 heterocycles. The topological polar surface area (TPSA) is 54.5 Å². The molecule has 17 heavy (non-hydrogen) atoms. The van der Waals surface area contributed by atoms with E-state index in [0.29, 0.717) is 0 Å². The van der Waals surface area contributed by atoms with Gasteiger partial charge in [-0.3, -0.25) is 4.68 Å². The number of nitrogens with zero attached hydrogens (tertiary/aromatic N) is 4. The van der Waals surface area contributed by atoms with Crippen molar-refractivity contribution in [3.8, 4) is 6.07 Å². The summed E-state index contributed by atoms with van der Waals surface area (Å²) < 4.78 is 1.76. The second-order valence-corrected chi connectivity index (χ2v) is 4.42. The Kier molecular flexibility index (Phi) is 7.04. The molecule has 0 aliphatic carbocycles. The number of rotatable bonds is 9. The number of aryl methyl sites for hydroxylation is 1. The summed E-state index contributed by atoms with van der Waals surface area (Å²) in [4.78, 5) is 3.87. The van der Waals surface area contributed by atoms with Gasteiger partial charge in [-0.2, -0.15) is 5.26 Å². The van der Waals surface area contributed by atoms with Crippen molar-refractivity contribution in [2.24, 2.45) is 0 Å². The van der Waals surface area contributed by atoms with Gasteiger partial charge in [0.05, 0.1) is 0 Å². The summed E-state index contributed by atoms with van der Waals surface area (Å²) in [5.74, 6) is 0.268. The van der Waals surface area contributed by atoms with Crippen LogP contribution in [0.25, 0.3) is 0 Å². The number of hydrogen-bond donors (Lipinski definition) is 0. The Morgan fingerprint density at radius 2 is 1.76 bits per heavy atom. The van der Waals surface area contributed by atoms with E-state index in [9.17, 15) is 0 Å². The number of hydrogen-bond acceptors (Lipinski definition) is 3. The van der Waals surface area contributed by atoms with Gasteiger partial charge in [-0.05, 0) is 6.42 Å². The fourth-order valence-corrected chi connectivity index (χ4v) is 1.86. The third-order valence-corrected chi connectivity index (χ3v) is 2.88. The van der Waals surface area contributed by atoms with Crippen LogP contribution in [0.1, 0.15) is 64.1 Å². The summed E-state index contributed by atoms with van der Waals surface area (Å²) >= 11 is 0. The van der Waals surface area contributed by atoms with Gasteiger partial charge in [-0.15, -0.1) is 5.10 Å². The molecular weight excluding hydrogens is 212 g/mol. The van der Waals surface area contributed by atoms with Gasteiger partial charge < -0.3 is 0 Å². The van der Waals surface area contributed by atoms with Crippen LogP contribution >= 0.6 is 0 Å². The lowest BCUT2D eigenvalue weighted by Crippen LogP contribution is -1.98. The summed E-state index contributed by atoms with van der Waals surface area (Å²) in [5, 5.41) is 12.6. The fraction of sp³-hybridized carbons (Fsp3) is 0.769. The predicted octanol–water partition coefficient (Wildman–Crippen LogP) is 3.29. The second kappa shape index (κ2) is 8.74. The monoisotopic (exact) mass is 234 g/mol. The molecule has 1 rings (SSSR count). The van der Waals surface area contributed by atoms with Gasteiger partial charge in [0.25, 0.3) is 5.82 Å². The maximum absolute atomic E-state index is 8.57. The van der Waals surface area contributed by atoms with Gasteiger partial charge in [0.2, 0.25) is 0 Å². The van der Waals surface area contributed by atoms with E-state index in [0.717, 1.165) is 13.0 Å². The van der Waals surface area contributed by atoms with Gasteiger partial charge in [0, 0.05) is 6.54 Å². The standard InChI is InChI=1S/C13H22N4/c1-2-3-4-5-6-7-8-9-10-17-12-15-13(11-14)16-17/h12H,2-10H2,1H3. The Morgan fingerprint density at radius 3 is 2.35 bits per heavy atom. The first kappa shape index (κ1) is 13.7. The summed E-state index contributed by atoms with van der Waals surface area (Å²) in [6, 6.07) is 1.93. The zero-order valence-corrected chi connectivity index (χ0v) is 10.7. The third kappa shape index (κ3) is 6.06. The lowest BCUT2D eigenvalue weighted by molar-refractivity contribution is 0.519. The van der Waals surface area contributed by atoms with Crippen molar-refractivity contribution < 1.29 is 0 Å². The van der Waals surface area contributed by atoms with Crippen molar-refractivity contribution in [2.45, 2.75) is 64.8 Å². The Balaban J connectivity index is 1.95. The van der Waals surface area contributed by atoms with Gasteiger partial charge in [-0.25, -0.2) is 4.98 Å². The molecule has 0 N–H and O–H groups in total. The van der Waals surface area contributed by atoms with Gasteiger partial charge in [0.15, 0.2) is 0 Å². The first-order chi connectivity index (χ1) is 8.36. The fourth-order valence-electron chi connectivity index (χ4n) is 1.86. The van der Waals surface area contributed by atoms with E-state index in [1.165, 1.54) is 44.9 Å². The molecule has 4 heteroatoms. The van der Waals surface area contributed by atoms with E-state index in [1.807, 2.05) is 6.07 Å². The lowest BCUT2D eigenvalue weighted by atomic mass is 10.1. The van der Waals surface area contributed by atoms with Crippen LogP contribution in [0, 0.1) is 11.3 Å². The van der Waals surface area contributed by atoms with Crippen molar-refractivity contribution in [1.29, 1.82) is 5.26 Å². The van der Waals surface area contributed by atoms with Gasteiger partial charge in [0.1, 0.15) is 12.4 Å². The molecule has 4 nitrogen and oxygen atoms in total. The van der Waals surface area contributed by atoms with Crippen molar-refractivity contribution in [1.82, 2.24) is 14.8 Å². The molecule has 0 unspecified atom stereocenters. The Bertz CT molecular complexity index is 337. The number of aromatic nitrogens is 3. The highest BCUT2D eigenvalue weighted by Crippen LogP contribution is 2.08. The first-order valence-corrected chi connectivity index (χ1v) is 6.66. The summed E-state index contributed by atoms with van der Waals surface area (Å²) in [5.41, 5.74) is 0. The SMILES string of the molecule is CCCCCCCCCCn1cnc(C#N)n1. The van der Waals surface area contributed by atoms with Crippen molar-refractivity contribution in [2.75, 3.05) is 0 Å². The molecule has 0 saturated carbocycles. The quantitative estimate of drug-likeness (QED) is 0.616. The van der Waals surface area contributed by atoms with E-state index < -0.39 is 0 Å².